The molecule has 23 heavy (non-hydrogen) atoms. The number of anilines is 1. The van der Waals surface area contributed by atoms with Gasteiger partial charge in [0, 0.05) is 6.54 Å². The third kappa shape index (κ3) is 4.20. The van der Waals surface area contributed by atoms with Crippen molar-refractivity contribution in [3.63, 3.8) is 0 Å². The number of hydrogen-bond acceptors (Lipinski definition) is 3. The Morgan fingerprint density at radius 1 is 1.48 bits per heavy atom. The van der Waals surface area contributed by atoms with Crippen LogP contribution in [0.1, 0.15) is 26.7 Å². The molecule has 1 saturated heterocycles. The third-order valence-corrected chi connectivity index (χ3v) is 4.22. The van der Waals surface area contributed by atoms with Gasteiger partial charge in [-0.25, -0.2) is 4.39 Å². The van der Waals surface area contributed by atoms with E-state index in [9.17, 15) is 14.0 Å². The van der Waals surface area contributed by atoms with Crippen LogP contribution in [-0.2, 0) is 9.59 Å². The number of nitrogens with zero attached hydrogens (tertiary/aromatic N) is 1. The number of rotatable bonds is 5. The largest absolute Gasteiger partial charge is 0.343 e. The second-order valence-corrected chi connectivity index (χ2v) is 5.70. The van der Waals surface area contributed by atoms with Gasteiger partial charge in [-0.2, -0.15) is 0 Å². The highest BCUT2D eigenvalue weighted by Gasteiger charge is 2.35. The van der Waals surface area contributed by atoms with E-state index in [4.69, 9.17) is 5.73 Å². The normalized spacial score (nSPS) is 19.9. The van der Waals surface area contributed by atoms with Gasteiger partial charge < -0.3 is 16.0 Å². The van der Waals surface area contributed by atoms with Gasteiger partial charge in [-0.1, -0.05) is 32.4 Å². The molecule has 1 heterocycles. The monoisotopic (exact) mass is 343 g/mol. The molecule has 2 amide bonds. The summed E-state index contributed by atoms with van der Waals surface area (Å²) in [5.74, 6) is -1.03. The minimum absolute atomic E-state index is 0. The highest BCUT2D eigenvalue weighted by molar-refractivity contribution is 6.01. The fraction of sp³-hybridized carbons (Fsp3) is 0.500. The van der Waals surface area contributed by atoms with Crippen molar-refractivity contribution in [2.75, 3.05) is 11.4 Å². The highest BCUT2D eigenvalue weighted by Crippen LogP contribution is 2.24. The molecule has 1 aromatic carbocycles. The molecule has 0 aromatic heterocycles. The number of hydrogen-bond donors (Lipinski definition) is 2. The van der Waals surface area contributed by atoms with E-state index in [1.165, 1.54) is 11.0 Å². The molecule has 3 unspecified atom stereocenters. The Balaban J connectivity index is 0.00000264. The summed E-state index contributed by atoms with van der Waals surface area (Å²) in [4.78, 5) is 25.8. The van der Waals surface area contributed by atoms with Crippen LogP contribution in [0.5, 0.6) is 0 Å². The second kappa shape index (κ2) is 8.26. The summed E-state index contributed by atoms with van der Waals surface area (Å²) in [6.45, 7) is 4.23. The maximum Gasteiger partial charge on any atom is 0.249 e. The molecule has 1 aromatic rings. The van der Waals surface area contributed by atoms with E-state index in [0.29, 0.717) is 13.0 Å². The van der Waals surface area contributed by atoms with Gasteiger partial charge in [0.2, 0.25) is 11.8 Å². The van der Waals surface area contributed by atoms with E-state index in [-0.39, 0.29) is 35.8 Å². The molecule has 0 radical (unpaired) electrons. The van der Waals surface area contributed by atoms with Gasteiger partial charge >= 0.3 is 0 Å². The lowest BCUT2D eigenvalue weighted by molar-refractivity contribution is -0.128. The summed E-state index contributed by atoms with van der Waals surface area (Å²) in [6.07, 6.45) is 1.24. The summed E-state index contributed by atoms with van der Waals surface area (Å²) < 4.78 is 13.8. The van der Waals surface area contributed by atoms with E-state index in [1.54, 1.807) is 18.2 Å². The van der Waals surface area contributed by atoms with Gasteiger partial charge in [0.05, 0.1) is 11.7 Å². The summed E-state index contributed by atoms with van der Waals surface area (Å²) in [5, 5.41) is 2.69. The number of benzene rings is 1. The number of halogens is 2. The van der Waals surface area contributed by atoms with Crippen LogP contribution in [0, 0.1) is 11.7 Å². The average Bonchev–Trinajstić information content (AvgIpc) is 2.87. The molecule has 0 saturated carbocycles. The molecule has 3 atom stereocenters. The smallest absolute Gasteiger partial charge is 0.249 e. The summed E-state index contributed by atoms with van der Waals surface area (Å²) in [7, 11) is 0. The van der Waals surface area contributed by atoms with Crippen LogP contribution in [0.2, 0.25) is 0 Å². The van der Waals surface area contributed by atoms with Crippen LogP contribution in [-0.4, -0.2) is 30.4 Å². The van der Waals surface area contributed by atoms with Crippen molar-refractivity contribution in [3.05, 3.63) is 30.1 Å². The molecule has 1 aliphatic rings. The van der Waals surface area contributed by atoms with E-state index in [2.05, 4.69) is 5.32 Å². The third-order valence-electron chi connectivity index (χ3n) is 4.22. The van der Waals surface area contributed by atoms with Gasteiger partial charge in [0.15, 0.2) is 0 Å². The van der Waals surface area contributed by atoms with Crippen molar-refractivity contribution in [1.82, 2.24) is 5.32 Å². The van der Waals surface area contributed by atoms with E-state index in [0.717, 1.165) is 6.42 Å². The number of nitrogens with two attached hydrogens (primary N) is 1. The summed E-state index contributed by atoms with van der Waals surface area (Å²) in [6, 6.07) is 4.85. The van der Waals surface area contributed by atoms with E-state index in [1.807, 2.05) is 13.8 Å². The Kier molecular flexibility index (Phi) is 6.97. The van der Waals surface area contributed by atoms with Crippen molar-refractivity contribution < 1.29 is 14.0 Å². The molecule has 0 aliphatic carbocycles. The molecule has 0 bridgehead atoms. The zero-order valence-electron chi connectivity index (χ0n) is 13.3. The standard InChI is InChI=1S/C16H22FN3O2.ClH/c1-3-10(2)14(18)15(21)19-12-8-9-20(16(12)22)13-7-5-4-6-11(13)17;/h4-7,10,12,14H,3,8-9,18H2,1-2H3,(H,19,21);1H. The van der Waals surface area contributed by atoms with Gasteiger partial charge in [0.25, 0.3) is 0 Å². The van der Waals surface area contributed by atoms with Crippen molar-refractivity contribution in [2.24, 2.45) is 11.7 Å². The first-order valence-corrected chi connectivity index (χ1v) is 7.57. The molecule has 0 spiro atoms. The van der Waals surface area contributed by atoms with Crippen molar-refractivity contribution in [2.45, 2.75) is 38.8 Å². The Morgan fingerprint density at radius 2 is 2.13 bits per heavy atom. The second-order valence-electron chi connectivity index (χ2n) is 5.70. The Labute approximate surface area is 141 Å². The molecule has 1 fully saturated rings. The minimum atomic E-state index is -0.639. The lowest BCUT2D eigenvalue weighted by Crippen LogP contribution is -2.50. The van der Waals surface area contributed by atoms with E-state index >= 15 is 0 Å². The van der Waals surface area contributed by atoms with Crippen LogP contribution in [0.15, 0.2) is 24.3 Å². The first-order chi connectivity index (χ1) is 10.5. The highest BCUT2D eigenvalue weighted by atomic mass is 35.5. The maximum atomic E-state index is 13.8. The van der Waals surface area contributed by atoms with Gasteiger partial charge in [-0.15, -0.1) is 12.4 Å². The SMILES string of the molecule is CCC(C)C(N)C(=O)NC1CCN(c2ccccc2F)C1=O.Cl. The molecule has 7 heteroatoms. The number of nitrogens with one attached hydrogen (secondary N) is 1. The Hall–Kier alpha value is -1.66. The Bertz CT molecular complexity index is 570. The van der Waals surface area contributed by atoms with Crippen molar-refractivity contribution in [1.29, 1.82) is 0 Å². The fourth-order valence-corrected chi connectivity index (χ4v) is 2.50. The molecule has 5 nitrogen and oxygen atoms in total. The Morgan fingerprint density at radius 3 is 2.74 bits per heavy atom. The van der Waals surface area contributed by atoms with E-state index < -0.39 is 17.9 Å². The first kappa shape index (κ1) is 19.4. The lowest BCUT2D eigenvalue weighted by atomic mass is 9.99. The first-order valence-electron chi connectivity index (χ1n) is 7.57. The van der Waals surface area contributed by atoms with Crippen LogP contribution >= 0.6 is 12.4 Å². The molecule has 1 aliphatic heterocycles. The molecular weight excluding hydrogens is 321 g/mol. The predicted octanol–water partition coefficient (Wildman–Crippen LogP) is 1.84. The zero-order chi connectivity index (χ0) is 16.3. The number of carbonyl (C=O) groups is 2. The zero-order valence-corrected chi connectivity index (χ0v) is 14.1. The maximum absolute atomic E-state index is 13.8. The van der Waals surface area contributed by atoms with Crippen LogP contribution < -0.4 is 16.0 Å². The van der Waals surface area contributed by atoms with Crippen molar-refractivity contribution in [3.8, 4) is 0 Å². The number of amides is 2. The predicted molar refractivity (Wildman–Crippen MR) is 90.0 cm³/mol. The summed E-state index contributed by atoms with van der Waals surface area (Å²) in [5.41, 5.74) is 6.11. The minimum Gasteiger partial charge on any atom is -0.343 e. The van der Waals surface area contributed by atoms with Crippen LogP contribution in [0.4, 0.5) is 10.1 Å². The summed E-state index contributed by atoms with van der Waals surface area (Å²) >= 11 is 0. The lowest BCUT2D eigenvalue weighted by Gasteiger charge is -2.21. The molecular formula is C16H23ClFN3O2. The molecule has 3 N–H and O–H groups in total. The average molecular weight is 344 g/mol. The van der Waals surface area contributed by atoms with Gasteiger partial charge in [-0.05, 0) is 24.5 Å². The van der Waals surface area contributed by atoms with Crippen LogP contribution in [0.25, 0.3) is 0 Å². The van der Waals surface area contributed by atoms with Crippen LogP contribution in [0.3, 0.4) is 0 Å². The quantitative estimate of drug-likeness (QED) is 0.856. The van der Waals surface area contributed by atoms with Gasteiger partial charge in [-0.3, -0.25) is 9.59 Å². The molecule has 128 valence electrons. The number of para-hydroxylation sites is 1. The van der Waals surface area contributed by atoms with Gasteiger partial charge in [0.1, 0.15) is 11.9 Å². The fourth-order valence-electron chi connectivity index (χ4n) is 2.50. The van der Waals surface area contributed by atoms with Crippen molar-refractivity contribution >= 4 is 29.9 Å². The molecule has 2 rings (SSSR count). The topological polar surface area (TPSA) is 75.4 Å². The number of carbonyl (C=O) groups excluding carboxylic acids is 2.